The molecular weight excluding hydrogens is 302 g/mol. The standard InChI is InChI=1S/C18H31N5O/c1-14-15(2)19-20-16(14)5-6-17(24)23-12-11-22(4)18(13-23)7-9-21(3)10-8-18/h5-13H2,1-4H3,(H,19,20). The Morgan fingerprint density at radius 2 is 1.88 bits per heavy atom. The highest BCUT2D eigenvalue weighted by atomic mass is 16.2. The third kappa shape index (κ3) is 3.35. The molecule has 2 saturated heterocycles. The molecule has 0 atom stereocenters. The van der Waals surface area contributed by atoms with E-state index >= 15 is 0 Å². The zero-order valence-electron chi connectivity index (χ0n) is 15.6. The van der Waals surface area contributed by atoms with E-state index in [2.05, 4.69) is 45.9 Å². The molecule has 6 heteroatoms. The van der Waals surface area contributed by atoms with Crippen LogP contribution in [0.25, 0.3) is 0 Å². The predicted molar refractivity (Wildman–Crippen MR) is 95.1 cm³/mol. The Labute approximate surface area is 145 Å². The third-order valence-corrected chi connectivity index (χ3v) is 6.20. The minimum atomic E-state index is 0.180. The Balaban J connectivity index is 1.60. The lowest BCUT2D eigenvalue weighted by atomic mass is 9.83. The van der Waals surface area contributed by atoms with E-state index in [4.69, 9.17) is 0 Å². The highest BCUT2D eigenvalue weighted by molar-refractivity contribution is 5.76. The van der Waals surface area contributed by atoms with Gasteiger partial charge in [-0.2, -0.15) is 5.10 Å². The monoisotopic (exact) mass is 333 g/mol. The Hall–Kier alpha value is -1.40. The van der Waals surface area contributed by atoms with Crippen molar-refractivity contribution in [1.82, 2.24) is 24.9 Å². The van der Waals surface area contributed by atoms with Crippen molar-refractivity contribution in [2.75, 3.05) is 46.8 Å². The van der Waals surface area contributed by atoms with Gasteiger partial charge in [-0.05, 0) is 59.4 Å². The summed E-state index contributed by atoms with van der Waals surface area (Å²) in [6.45, 7) is 9.06. The van der Waals surface area contributed by atoms with Crippen molar-refractivity contribution in [3.05, 3.63) is 17.0 Å². The van der Waals surface area contributed by atoms with E-state index in [1.165, 1.54) is 5.56 Å². The van der Waals surface area contributed by atoms with Gasteiger partial charge >= 0.3 is 0 Å². The van der Waals surface area contributed by atoms with Crippen molar-refractivity contribution in [2.24, 2.45) is 0 Å². The highest BCUT2D eigenvalue weighted by Crippen LogP contribution is 2.31. The van der Waals surface area contributed by atoms with E-state index in [0.29, 0.717) is 6.42 Å². The number of likely N-dealkylation sites (N-methyl/N-ethyl adjacent to an activating group) is 1. The quantitative estimate of drug-likeness (QED) is 0.903. The van der Waals surface area contributed by atoms with E-state index in [-0.39, 0.29) is 11.4 Å². The highest BCUT2D eigenvalue weighted by Gasteiger charge is 2.42. The van der Waals surface area contributed by atoms with E-state index in [9.17, 15) is 4.79 Å². The van der Waals surface area contributed by atoms with E-state index in [1.54, 1.807) is 0 Å². The lowest BCUT2D eigenvalue weighted by Gasteiger charge is -2.52. The minimum Gasteiger partial charge on any atom is -0.340 e. The fourth-order valence-corrected chi connectivity index (χ4v) is 4.01. The summed E-state index contributed by atoms with van der Waals surface area (Å²) in [6.07, 6.45) is 3.60. The number of piperidine rings is 1. The first-order valence-electron chi connectivity index (χ1n) is 9.09. The summed E-state index contributed by atoms with van der Waals surface area (Å²) in [5, 5.41) is 7.34. The first-order valence-corrected chi connectivity index (χ1v) is 9.09. The van der Waals surface area contributed by atoms with E-state index in [0.717, 1.165) is 63.4 Å². The number of hydrogen-bond acceptors (Lipinski definition) is 4. The number of H-pyrrole nitrogens is 1. The fourth-order valence-electron chi connectivity index (χ4n) is 4.01. The molecular formula is C18H31N5O. The van der Waals surface area contributed by atoms with E-state index < -0.39 is 0 Å². The molecule has 6 nitrogen and oxygen atoms in total. The number of likely N-dealkylation sites (tertiary alicyclic amines) is 1. The van der Waals surface area contributed by atoms with Crippen LogP contribution >= 0.6 is 0 Å². The molecule has 134 valence electrons. The van der Waals surface area contributed by atoms with Gasteiger partial charge in [-0.3, -0.25) is 14.8 Å². The number of hydrogen-bond donors (Lipinski definition) is 1. The van der Waals surface area contributed by atoms with Crippen LogP contribution in [-0.4, -0.2) is 83.2 Å². The number of carbonyl (C=O) groups excluding carboxylic acids is 1. The number of nitrogens with zero attached hydrogens (tertiary/aromatic N) is 4. The van der Waals surface area contributed by atoms with Crippen LogP contribution in [0.15, 0.2) is 0 Å². The summed E-state index contributed by atoms with van der Waals surface area (Å²) >= 11 is 0. The number of amides is 1. The summed E-state index contributed by atoms with van der Waals surface area (Å²) in [5.74, 6) is 0.279. The largest absolute Gasteiger partial charge is 0.340 e. The van der Waals surface area contributed by atoms with Crippen LogP contribution in [0, 0.1) is 13.8 Å². The van der Waals surface area contributed by atoms with Crippen LogP contribution in [0.2, 0.25) is 0 Å². The van der Waals surface area contributed by atoms with Crippen LogP contribution in [-0.2, 0) is 11.2 Å². The second-order valence-electron chi connectivity index (χ2n) is 7.68. The van der Waals surface area contributed by atoms with Crippen molar-refractivity contribution >= 4 is 5.91 Å². The zero-order chi connectivity index (χ0) is 17.3. The van der Waals surface area contributed by atoms with Gasteiger partial charge < -0.3 is 9.80 Å². The van der Waals surface area contributed by atoms with Gasteiger partial charge in [0.15, 0.2) is 0 Å². The average Bonchev–Trinajstić information content (AvgIpc) is 2.89. The average molecular weight is 333 g/mol. The molecule has 24 heavy (non-hydrogen) atoms. The maximum Gasteiger partial charge on any atom is 0.223 e. The SMILES string of the molecule is Cc1[nH]nc(CCC(=O)N2CCN(C)C3(CCN(C)CC3)C2)c1C. The van der Waals surface area contributed by atoms with Crippen molar-refractivity contribution in [3.8, 4) is 0 Å². The number of aryl methyl sites for hydroxylation is 2. The molecule has 0 saturated carbocycles. The van der Waals surface area contributed by atoms with Gasteiger partial charge in [0.1, 0.15) is 0 Å². The molecule has 1 aromatic rings. The second kappa shape index (κ2) is 6.84. The fraction of sp³-hybridized carbons (Fsp3) is 0.778. The summed E-state index contributed by atoms with van der Waals surface area (Å²) < 4.78 is 0. The van der Waals surface area contributed by atoms with Crippen molar-refractivity contribution in [1.29, 1.82) is 0 Å². The van der Waals surface area contributed by atoms with Gasteiger partial charge in [0, 0.05) is 43.7 Å². The zero-order valence-corrected chi connectivity index (χ0v) is 15.6. The lowest BCUT2D eigenvalue weighted by molar-refractivity contribution is -0.137. The summed E-state index contributed by atoms with van der Waals surface area (Å²) in [5.41, 5.74) is 3.50. The van der Waals surface area contributed by atoms with Crippen LogP contribution < -0.4 is 0 Å². The van der Waals surface area contributed by atoms with Crippen molar-refractivity contribution in [3.63, 3.8) is 0 Å². The molecule has 3 heterocycles. The molecule has 0 bridgehead atoms. The topological polar surface area (TPSA) is 55.5 Å². The van der Waals surface area contributed by atoms with E-state index in [1.807, 2.05) is 6.92 Å². The minimum absolute atomic E-state index is 0.180. The number of piperazine rings is 1. The molecule has 0 aliphatic carbocycles. The molecule has 2 aliphatic heterocycles. The number of nitrogens with one attached hydrogen (secondary N) is 1. The van der Waals surface area contributed by atoms with Gasteiger partial charge in [-0.15, -0.1) is 0 Å². The van der Waals surface area contributed by atoms with Gasteiger partial charge in [0.05, 0.1) is 5.69 Å². The van der Waals surface area contributed by atoms with Gasteiger partial charge in [0.2, 0.25) is 5.91 Å². The second-order valence-corrected chi connectivity index (χ2v) is 7.68. The smallest absolute Gasteiger partial charge is 0.223 e. The molecule has 1 aromatic heterocycles. The molecule has 2 fully saturated rings. The van der Waals surface area contributed by atoms with Crippen LogP contribution in [0.3, 0.4) is 0 Å². The summed E-state index contributed by atoms with van der Waals surface area (Å²) in [4.78, 5) is 19.7. The Morgan fingerprint density at radius 3 is 2.50 bits per heavy atom. The Kier molecular flexibility index (Phi) is 4.97. The summed E-state index contributed by atoms with van der Waals surface area (Å²) in [7, 11) is 4.41. The Bertz CT molecular complexity index is 588. The van der Waals surface area contributed by atoms with Crippen molar-refractivity contribution < 1.29 is 4.79 Å². The van der Waals surface area contributed by atoms with Gasteiger partial charge in [-0.1, -0.05) is 0 Å². The predicted octanol–water partition coefficient (Wildman–Crippen LogP) is 1.20. The lowest BCUT2D eigenvalue weighted by Crippen LogP contribution is -2.65. The third-order valence-electron chi connectivity index (χ3n) is 6.20. The van der Waals surface area contributed by atoms with Crippen LogP contribution in [0.5, 0.6) is 0 Å². The van der Waals surface area contributed by atoms with Gasteiger partial charge in [-0.25, -0.2) is 0 Å². The van der Waals surface area contributed by atoms with Gasteiger partial charge in [0.25, 0.3) is 0 Å². The van der Waals surface area contributed by atoms with Crippen LogP contribution in [0.1, 0.15) is 36.2 Å². The number of rotatable bonds is 3. The van der Waals surface area contributed by atoms with Crippen LogP contribution in [0.4, 0.5) is 0 Å². The number of carbonyl (C=O) groups is 1. The molecule has 0 unspecified atom stereocenters. The molecule has 2 aliphatic rings. The molecule has 1 spiro atoms. The molecule has 1 N–H and O–H groups in total. The molecule has 0 aromatic carbocycles. The molecule has 3 rings (SSSR count). The number of aromatic amines is 1. The first kappa shape index (κ1) is 17.4. The Morgan fingerprint density at radius 1 is 1.17 bits per heavy atom. The summed E-state index contributed by atoms with van der Waals surface area (Å²) in [6, 6.07) is 0. The molecule has 1 amide bonds. The maximum absolute atomic E-state index is 12.7. The first-order chi connectivity index (χ1) is 11.4. The normalized spacial score (nSPS) is 22.2. The molecule has 0 radical (unpaired) electrons. The maximum atomic E-state index is 12.7. The van der Waals surface area contributed by atoms with Crippen molar-refractivity contribution in [2.45, 2.75) is 45.1 Å². The number of aromatic nitrogens is 2.